The van der Waals surface area contributed by atoms with Gasteiger partial charge in [-0.05, 0) is 62.3 Å². The first kappa shape index (κ1) is 19.0. The lowest BCUT2D eigenvalue weighted by molar-refractivity contribution is 0.153. The Morgan fingerprint density at radius 2 is 1.82 bits per heavy atom. The highest BCUT2D eigenvalue weighted by Crippen LogP contribution is 2.36. The Labute approximate surface area is 163 Å². The van der Waals surface area contributed by atoms with E-state index < -0.39 is 23.2 Å². The van der Waals surface area contributed by atoms with E-state index in [0.717, 1.165) is 25.9 Å². The van der Waals surface area contributed by atoms with Gasteiger partial charge in [-0.25, -0.2) is 17.4 Å². The Morgan fingerprint density at radius 1 is 1.11 bits per heavy atom. The molecule has 0 spiro atoms. The zero-order valence-corrected chi connectivity index (χ0v) is 15.8. The Hall–Kier alpha value is -2.32. The van der Waals surface area contributed by atoms with E-state index in [9.17, 15) is 17.4 Å². The average molecular weight is 407 g/mol. The van der Waals surface area contributed by atoms with E-state index in [4.69, 9.17) is 0 Å². The van der Waals surface area contributed by atoms with Crippen molar-refractivity contribution in [2.45, 2.75) is 30.2 Å². The van der Waals surface area contributed by atoms with E-state index in [-0.39, 0.29) is 11.6 Å². The number of fused-ring (bicyclic) bond motifs is 1. The predicted molar refractivity (Wildman–Crippen MR) is 105 cm³/mol. The molecule has 0 aliphatic carbocycles. The molecule has 0 saturated carbocycles. The molecular formula is C20H20F3N3OS. The van der Waals surface area contributed by atoms with Crippen molar-refractivity contribution in [1.82, 2.24) is 9.29 Å². The van der Waals surface area contributed by atoms with Crippen molar-refractivity contribution in [2.75, 3.05) is 18.4 Å². The second-order valence-electron chi connectivity index (χ2n) is 6.78. The first-order chi connectivity index (χ1) is 13.5. The van der Waals surface area contributed by atoms with Gasteiger partial charge in [-0.3, -0.25) is 3.97 Å². The third-order valence-electron chi connectivity index (χ3n) is 4.95. The van der Waals surface area contributed by atoms with Crippen LogP contribution in [0.2, 0.25) is 0 Å². The Kier molecular flexibility index (Phi) is 5.41. The van der Waals surface area contributed by atoms with Crippen molar-refractivity contribution < 1.29 is 17.4 Å². The van der Waals surface area contributed by atoms with Crippen LogP contribution in [0, 0.1) is 5.82 Å². The summed E-state index contributed by atoms with van der Waals surface area (Å²) < 4.78 is 55.1. The Balaban J connectivity index is 1.79. The van der Waals surface area contributed by atoms with Gasteiger partial charge in [0.15, 0.2) is 11.0 Å². The van der Waals surface area contributed by atoms with E-state index in [2.05, 4.69) is 10.6 Å². The highest BCUT2D eigenvalue weighted by atomic mass is 32.2. The van der Waals surface area contributed by atoms with Crippen LogP contribution in [0.3, 0.4) is 0 Å². The lowest BCUT2D eigenvalue weighted by Gasteiger charge is -2.25. The van der Waals surface area contributed by atoms with E-state index in [1.807, 2.05) is 0 Å². The van der Waals surface area contributed by atoms with Gasteiger partial charge >= 0.3 is 0 Å². The third-order valence-corrected chi connectivity index (χ3v) is 6.29. The van der Waals surface area contributed by atoms with Crippen LogP contribution in [0.1, 0.15) is 24.8 Å². The molecule has 1 aromatic heterocycles. The molecule has 0 amide bonds. The molecular weight excluding hydrogens is 387 g/mol. The van der Waals surface area contributed by atoms with Gasteiger partial charge in [0.25, 0.3) is 6.43 Å². The van der Waals surface area contributed by atoms with Crippen molar-refractivity contribution in [2.24, 2.45) is 0 Å². The van der Waals surface area contributed by atoms with Gasteiger partial charge in [-0.1, -0.05) is 6.07 Å². The molecule has 1 unspecified atom stereocenters. The second-order valence-corrected chi connectivity index (χ2v) is 8.15. The zero-order chi connectivity index (χ0) is 19.7. The average Bonchev–Trinajstić information content (AvgIpc) is 3.10. The smallest absolute Gasteiger partial charge is 0.266 e. The molecule has 1 atom stereocenters. The van der Waals surface area contributed by atoms with Crippen molar-refractivity contribution in [3.05, 3.63) is 60.0 Å². The summed E-state index contributed by atoms with van der Waals surface area (Å²) in [6, 6.07) is 10.6. The van der Waals surface area contributed by atoms with Crippen molar-refractivity contribution in [3.63, 3.8) is 0 Å². The van der Waals surface area contributed by atoms with Crippen LogP contribution in [-0.4, -0.2) is 27.3 Å². The van der Waals surface area contributed by atoms with E-state index in [1.165, 1.54) is 34.4 Å². The number of anilines is 1. The molecule has 2 aromatic carbocycles. The maximum absolute atomic E-state index is 13.8. The van der Waals surface area contributed by atoms with Gasteiger partial charge < -0.3 is 10.6 Å². The maximum atomic E-state index is 13.8. The molecule has 3 aromatic rings. The summed E-state index contributed by atoms with van der Waals surface area (Å²) >= 11 is 0. The topological polar surface area (TPSA) is 46.1 Å². The van der Waals surface area contributed by atoms with Crippen LogP contribution >= 0.6 is 0 Å². The van der Waals surface area contributed by atoms with Gasteiger partial charge in [0.2, 0.25) is 0 Å². The van der Waals surface area contributed by atoms with E-state index in [0.29, 0.717) is 21.5 Å². The number of halogens is 3. The molecule has 2 N–H and O–H groups in total. The third kappa shape index (κ3) is 3.66. The van der Waals surface area contributed by atoms with E-state index in [1.54, 1.807) is 18.2 Å². The summed E-state index contributed by atoms with van der Waals surface area (Å²) in [5.74, 6) is -0.445. The summed E-state index contributed by atoms with van der Waals surface area (Å²) in [6.45, 7) is 1.76. The van der Waals surface area contributed by atoms with Crippen LogP contribution < -0.4 is 10.6 Å². The second kappa shape index (κ2) is 7.97. The molecule has 148 valence electrons. The Bertz CT molecular complexity index is 998. The van der Waals surface area contributed by atoms with Crippen LogP contribution in [0.15, 0.2) is 53.6 Å². The monoisotopic (exact) mass is 407 g/mol. The fourth-order valence-corrected chi connectivity index (χ4v) is 4.70. The number of alkyl halides is 2. The van der Waals surface area contributed by atoms with Crippen LogP contribution in [0.4, 0.5) is 18.9 Å². The number of nitrogens with one attached hydrogen (secondary N) is 2. The highest BCUT2D eigenvalue weighted by molar-refractivity contribution is 7.83. The predicted octanol–water partition coefficient (Wildman–Crippen LogP) is 4.45. The zero-order valence-electron chi connectivity index (χ0n) is 15.0. The molecule has 4 rings (SSSR count). The summed E-state index contributed by atoms with van der Waals surface area (Å²) in [5.41, 5.74) is 0.911. The summed E-state index contributed by atoms with van der Waals surface area (Å²) in [5, 5.41) is 7.04. The number of nitrogens with zero attached hydrogens (tertiary/aromatic N) is 1. The highest BCUT2D eigenvalue weighted by Gasteiger charge is 2.23. The lowest BCUT2D eigenvalue weighted by Crippen LogP contribution is -2.35. The SMILES string of the molecule is O=S(c1ccc(F)cc1)n1cc(C(F)F)c2c(NC3CCNCC3)cccc21. The summed E-state index contributed by atoms with van der Waals surface area (Å²) in [6.07, 6.45) is 0.345. The minimum absolute atomic E-state index is 0.164. The number of hydrogen-bond acceptors (Lipinski definition) is 3. The van der Waals surface area contributed by atoms with Gasteiger partial charge in [0.05, 0.1) is 10.4 Å². The fourth-order valence-electron chi connectivity index (χ4n) is 3.56. The number of rotatable bonds is 5. The van der Waals surface area contributed by atoms with Crippen molar-refractivity contribution in [1.29, 1.82) is 0 Å². The van der Waals surface area contributed by atoms with Gasteiger partial charge in [0.1, 0.15) is 5.82 Å². The summed E-state index contributed by atoms with van der Waals surface area (Å²) in [4.78, 5) is 0.343. The quantitative estimate of drug-likeness (QED) is 0.657. The number of benzene rings is 2. The first-order valence-corrected chi connectivity index (χ1v) is 10.2. The molecule has 4 nitrogen and oxygen atoms in total. The van der Waals surface area contributed by atoms with Gasteiger partial charge in [-0.15, -0.1) is 0 Å². The van der Waals surface area contributed by atoms with Gasteiger partial charge in [-0.2, -0.15) is 0 Å². The molecule has 8 heteroatoms. The van der Waals surface area contributed by atoms with Gasteiger partial charge in [0, 0.05) is 28.9 Å². The molecule has 1 saturated heterocycles. The number of piperidine rings is 1. The molecule has 0 radical (unpaired) electrons. The standard InChI is InChI=1S/C20H20F3N3OS/c21-13-4-6-15(7-5-13)28(27)26-12-16(20(22)23)19-17(2-1-3-18(19)26)25-14-8-10-24-11-9-14/h1-7,12,14,20,24-25H,8-11H2. The minimum atomic E-state index is -2.70. The normalized spacial score (nSPS) is 16.6. The fraction of sp³-hybridized carbons (Fsp3) is 0.300. The Morgan fingerprint density at radius 3 is 2.50 bits per heavy atom. The first-order valence-electron chi connectivity index (χ1n) is 9.12. The minimum Gasteiger partial charge on any atom is -0.382 e. The van der Waals surface area contributed by atoms with Crippen molar-refractivity contribution >= 4 is 27.6 Å². The molecule has 1 fully saturated rings. The molecule has 0 bridgehead atoms. The number of aromatic nitrogens is 1. The maximum Gasteiger partial charge on any atom is 0.266 e. The molecule has 2 heterocycles. The van der Waals surface area contributed by atoms with Crippen LogP contribution in [0.5, 0.6) is 0 Å². The molecule has 28 heavy (non-hydrogen) atoms. The largest absolute Gasteiger partial charge is 0.382 e. The van der Waals surface area contributed by atoms with Crippen LogP contribution in [0.25, 0.3) is 10.9 Å². The summed E-state index contributed by atoms with van der Waals surface area (Å²) in [7, 11) is -1.76. The van der Waals surface area contributed by atoms with E-state index >= 15 is 0 Å². The van der Waals surface area contributed by atoms with Crippen LogP contribution in [-0.2, 0) is 11.0 Å². The number of hydrogen-bond donors (Lipinski definition) is 2. The molecule has 1 aliphatic heterocycles. The van der Waals surface area contributed by atoms with Crippen molar-refractivity contribution in [3.8, 4) is 0 Å². The molecule has 1 aliphatic rings. The lowest BCUT2D eigenvalue weighted by atomic mass is 10.0.